The van der Waals surface area contributed by atoms with Gasteiger partial charge in [0.05, 0.1) is 5.69 Å². The van der Waals surface area contributed by atoms with Gasteiger partial charge in [-0.05, 0) is 66.6 Å². The summed E-state index contributed by atoms with van der Waals surface area (Å²) in [6.07, 6.45) is 5.17. The van der Waals surface area contributed by atoms with E-state index in [2.05, 4.69) is 81.5 Å². The monoisotopic (exact) mass is 467 g/mol. The first-order valence-electron chi connectivity index (χ1n) is 12.9. The first kappa shape index (κ1) is 22.1. The molecule has 0 radical (unpaired) electrons. The van der Waals surface area contributed by atoms with Crippen molar-refractivity contribution in [3.05, 3.63) is 71.9 Å². The van der Waals surface area contributed by atoms with Crippen LogP contribution in [0.4, 0.5) is 17.2 Å². The summed E-state index contributed by atoms with van der Waals surface area (Å²) in [7, 11) is 0. The SMILES string of the molecule is Cc1ccccc1-c1ccc(N2CCN(Cc3cnc4c(c3)NC(=O)C3CCCCN43)CC2)cc1. The van der Waals surface area contributed by atoms with Gasteiger partial charge in [0, 0.05) is 51.2 Å². The lowest BCUT2D eigenvalue weighted by Crippen LogP contribution is -2.51. The van der Waals surface area contributed by atoms with E-state index in [4.69, 9.17) is 4.98 Å². The number of rotatable bonds is 4. The zero-order chi connectivity index (χ0) is 23.8. The van der Waals surface area contributed by atoms with Crippen LogP contribution in [0.2, 0.25) is 0 Å². The number of benzene rings is 2. The van der Waals surface area contributed by atoms with Crippen molar-refractivity contribution in [2.45, 2.75) is 38.8 Å². The number of hydrogen-bond acceptors (Lipinski definition) is 5. The quantitative estimate of drug-likeness (QED) is 0.603. The lowest BCUT2D eigenvalue weighted by molar-refractivity contribution is -0.118. The molecular formula is C29H33N5O. The minimum absolute atomic E-state index is 0.0477. The summed E-state index contributed by atoms with van der Waals surface area (Å²) in [6.45, 7) is 7.99. The molecule has 0 bridgehead atoms. The van der Waals surface area contributed by atoms with Crippen molar-refractivity contribution in [3.63, 3.8) is 0 Å². The Labute approximate surface area is 207 Å². The molecule has 35 heavy (non-hydrogen) atoms. The lowest BCUT2D eigenvalue weighted by Gasteiger charge is -2.40. The third-order valence-electron chi connectivity index (χ3n) is 7.73. The first-order valence-corrected chi connectivity index (χ1v) is 12.9. The van der Waals surface area contributed by atoms with Gasteiger partial charge < -0.3 is 15.1 Å². The maximum Gasteiger partial charge on any atom is 0.247 e. The van der Waals surface area contributed by atoms with Crippen molar-refractivity contribution in [3.8, 4) is 11.1 Å². The summed E-state index contributed by atoms with van der Waals surface area (Å²) >= 11 is 0. The molecule has 1 aromatic heterocycles. The zero-order valence-electron chi connectivity index (χ0n) is 20.4. The maximum atomic E-state index is 12.6. The second-order valence-corrected chi connectivity index (χ2v) is 10.0. The van der Waals surface area contributed by atoms with Gasteiger partial charge in [0.1, 0.15) is 6.04 Å². The van der Waals surface area contributed by atoms with E-state index in [1.807, 2.05) is 6.20 Å². The van der Waals surface area contributed by atoms with Gasteiger partial charge in [0.15, 0.2) is 5.82 Å². The topological polar surface area (TPSA) is 51.7 Å². The highest BCUT2D eigenvalue weighted by atomic mass is 16.2. The van der Waals surface area contributed by atoms with Crippen LogP contribution in [0, 0.1) is 6.92 Å². The second-order valence-electron chi connectivity index (χ2n) is 10.0. The molecule has 0 saturated carbocycles. The van der Waals surface area contributed by atoms with Crippen molar-refractivity contribution in [2.24, 2.45) is 0 Å². The predicted molar refractivity (Wildman–Crippen MR) is 142 cm³/mol. The van der Waals surface area contributed by atoms with Crippen molar-refractivity contribution < 1.29 is 4.79 Å². The first-order chi connectivity index (χ1) is 17.2. The van der Waals surface area contributed by atoms with Gasteiger partial charge in [-0.2, -0.15) is 0 Å². The highest BCUT2D eigenvalue weighted by molar-refractivity contribution is 6.02. The number of aryl methyl sites for hydroxylation is 1. The Kier molecular flexibility index (Phi) is 5.90. The molecule has 4 heterocycles. The van der Waals surface area contributed by atoms with Crippen LogP contribution in [-0.4, -0.2) is 54.6 Å². The third kappa shape index (κ3) is 4.39. The Morgan fingerprint density at radius 1 is 0.971 bits per heavy atom. The molecule has 180 valence electrons. The molecule has 1 N–H and O–H groups in total. The number of hydrogen-bond donors (Lipinski definition) is 1. The fraction of sp³-hybridized carbons (Fsp3) is 0.379. The molecule has 2 aromatic carbocycles. The summed E-state index contributed by atoms with van der Waals surface area (Å²) in [6, 6.07) is 19.6. The summed E-state index contributed by atoms with van der Waals surface area (Å²) in [5.41, 5.74) is 7.20. The summed E-state index contributed by atoms with van der Waals surface area (Å²) in [5, 5.41) is 3.12. The van der Waals surface area contributed by atoms with Crippen molar-refractivity contribution >= 4 is 23.1 Å². The average Bonchev–Trinajstić information content (AvgIpc) is 2.90. The largest absolute Gasteiger partial charge is 0.369 e. The molecule has 0 spiro atoms. The summed E-state index contributed by atoms with van der Waals surface area (Å²) in [4.78, 5) is 24.5. The molecule has 0 aliphatic carbocycles. The summed E-state index contributed by atoms with van der Waals surface area (Å²) < 4.78 is 0. The Morgan fingerprint density at radius 2 is 1.77 bits per heavy atom. The van der Waals surface area contributed by atoms with Gasteiger partial charge in [-0.25, -0.2) is 4.98 Å². The number of nitrogens with one attached hydrogen (secondary N) is 1. The molecule has 2 fully saturated rings. The van der Waals surface area contributed by atoms with Gasteiger partial charge in [0.25, 0.3) is 0 Å². The number of pyridine rings is 1. The fourth-order valence-corrected chi connectivity index (χ4v) is 5.75. The minimum Gasteiger partial charge on any atom is -0.369 e. The van der Waals surface area contributed by atoms with Gasteiger partial charge in [-0.3, -0.25) is 9.69 Å². The number of anilines is 3. The smallest absolute Gasteiger partial charge is 0.247 e. The number of amides is 1. The zero-order valence-corrected chi connectivity index (χ0v) is 20.4. The molecule has 3 aliphatic heterocycles. The Bertz CT molecular complexity index is 1220. The number of piperidine rings is 1. The van der Waals surface area contributed by atoms with Crippen molar-refractivity contribution in [2.75, 3.05) is 47.8 Å². The van der Waals surface area contributed by atoms with Crippen LogP contribution < -0.4 is 15.1 Å². The Hall–Kier alpha value is -3.38. The molecule has 6 nitrogen and oxygen atoms in total. The van der Waals surface area contributed by atoms with E-state index in [1.54, 1.807) is 0 Å². The number of carbonyl (C=O) groups excluding carboxylic acids is 1. The van der Waals surface area contributed by atoms with Crippen LogP contribution in [-0.2, 0) is 11.3 Å². The van der Waals surface area contributed by atoms with E-state index < -0.39 is 0 Å². The van der Waals surface area contributed by atoms with Crippen LogP contribution in [0.1, 0.15) is 30.4 Å². The van der Waals surface area contributed by atoms with Crippen LogP contribution in [0.3, 0.4) is 0 Å². The van der Waals surface area contributed by atoms with Crippen molar-refractivity contribution in [1.82, 2.24) is 9.88 Å². The fourth-order valence-electron chi connectivity index (χ4n) is 5.75. The number of carbonyl (C=O) groups is 1. The molecule has 3 aromatic rings. The Morgan fingerprint density at radius 3 is 2.57 bits per heavy atom. The minimum atomic E-state index is -0.0477. The van der Waals surface area contributed by atoms with Gasteiger partial charge in [-0.15, -0.1) is 0 Å². The molecular weight excluding hydrogens is 434 g/mol. The molecule has 2 saturated heterocycles. The van der Waals surface area contributed by atoms with E-state index in [9.17, 15) is 4.79 Å². The lowest BCUT2D eigenvalue weighted by atomic mass is 9.99. The van der Waals surface area contributed by atoms with Crippen LogP contribution in [0.15, 0.2) is 60.8 Å². The van der Waals surface area contributed by atoms with E-state index in [0.717, 1.165) is 75.6 Å². The predicted octanol–water partition coefficient (Wildman–Crippen LogP) is 4.69. The highest BCUT2D eigenvalue weighted by Crippen LogP contribution is 2.35. The normalized spacial score (nSPS) is 20.3. The van der Waals surface area contributed by atoms with Crippen LogP contribution in [0.25, 0.3) is 11.1 Å². The van der Waals surface area contributed by atoms with Crippen LogP contribution >= 0.6 is 0 Å². The molecule has 1 unspecified atom stereocenters. The molecule has 1 amide bonds. The van der Waals surface area contributed by atoms with E-state index in [0.29, 0.717) is 0 Å². The number of nitrogens with zero attached hydrogens (tertiary/aromatic N) is 4. The van der Waals surface area contributed by atoms with E-state index in [1.165, 1.54) is 22.4 Å². The highest BCUT2D eigenvalue weighted by Gasteiger charge is 2.35. The van der Waals surface area contributed by atoms with Crippen molar-refractivity contribution in [1.29, 1.82) is 0 Å². The maximum absolute atomic E-state index is 12.6. The van der Waals surface area contributed by atoms with Crippen LogP contribution in [0.5, 0.6) is 0 Å². The van der Waals surface area contributed by atoms with Gasteiger partial charge in [0.2, 0.25) is 5.91 Å². The van der Waals surface area contributed by atoms with E-state index >= 15 is 0 Å². The number of piperazine rings is 1. The van der Waals surface area contributed by atoms with E-state index in [-0.39, 0.29) is 11.9 Å². The Balaban J connectivity index is 1.08. The molecule has 3 aliphatic rings. The van der Waals surface area contributed by atoms with Gasteiger partial charge >= 0.3 is 0 Å². The van der Waals surface area contributed by atoms with Gasteiger partial charge in [-0.1, -0.05) is 36.4 Å². The standard InChI is InChI=1S/C29H33N5O/c1-21-6-2-3-7-25(21)23-9-11-24(12-10-23)33-16-14-32(15-17-33)20-22-18-26-28(30-19-22)34-13-5-4-8-27(34)29(35)31-26/h2-3,6-7,9-12,18-19,27H,4-5,8,13-17,20H2,1H3,(H,31,35). The number of fused-ring (bicyclic) bond motifs is 3. The average molecular weight is 468 g/mol. The summed E-state index contributed by atoms with van der Waals surface area (Å²) in [5.74, 6) is 1.07. The molecule has 1 atom stereocenters. The second kappa shape index (κ2) is 9.34. The molecule has 6 heteroatoms. The molecule has 6 rings (SSSR count). The third-order valence-corrected chi connectivity index (χ3v) is 7.73. The number of aromatic nitrogens is 1.